The van der Waals surface area contributed by atoms with Gasteiger partial charge in [-0.05, 0) is 12.1 Å². The van der Waals surface area contributed by atoms with Gasteiger partial charge in [-0.2, -0.15) is 13.2 Å². The molecule has 15 heavy (non-hydrogen) atoms. The predicted molar refractivity (Wildman–Crippen MR) is 41.8 cm³/mol. The fraction of sp³-hybridized carbons (Fsp3) is 0.125. The fourth-order valence-corrected chi connectivity index (χ4v) is 1.06. The Bertz CT molecular complexity index is 389. The predicted octanol–water partition coefficient (Wildman–Crippen LogP) is 3.36. The van der Waals surface area contributed by atoms with Crippen LogP contribution in [0.25, 0.3) is 0 Å². The van der Waals surface area contributed by atoms with Gasteiger partial charge in [0.15, 0.2) is 11.6 Å². The lowest BCUT2D eigenvalue weighted by Gasteiger charge is -2.06. The van der Waals surface area contributed by atoms with Crippen LogP contribution in [0.2, 0.25) is 5.02 Å². The lowest BCUT2D eigenvalue weighted by molar-refractivity contribution is -0.0885. The van der Waals surface area contributed by atoms with Gasteiger partial charge in [0.05, 0.1) is 5.02 Å². The van der Waals surface area contributed by atoms with Crippen molar-refractivity contribution >= 4 is 17.4 Å². The first-order chi connectivity index (χ1) is 6.73. The molecule has 0 saturated heterocycles. The van der Waals surface area contributed by atoms with Gasteiger partial charge < -0.3 is 0 Å². The Morgan fingerprint density at radius 2 is 1.73 bits per heavy atom. The van der Waals surface area contributed by atoms with E-state index in [9.17, 15) is 26.7 Å². The van der Waals surface area contributed by atoms with E-state index in [1.165, 1.54) is 0 Å². The van der Waals surface area contributed by atoms with Gasteiger partial charge in [0.2, 0.25) is 0 Å². The molecule has 0 aliphatic heterocycles. The maximum atomic E-state index is 12.6. The lowest BCUT2D eigenvalue weighted by atomic mass is 10.1. The van der Waals surface area contributed by atoms with Crippen LogP contribution in [0.5, 0.6) is 0 Å². The highest BCUT2D eigenvalue weighted by atomic mass is 35.5. The molecular weight excluding hydrogens is 243 g/mol. The van der Waals surface area contributed by atoms with Crippen molar-refractivity contribution in [3.63, 3.8) is 0 Å². The van der Waals surface area contributed by atoms with Gasteiger partial charge in [-0.25, -0.2) is 8.78 Å². The van der Waals surface area contributed by atoms with Crippen LogP contribution >= 0.6 is 11.6 Å². The SMILES string of the molecule is O=C(c1cc(F)c(F)c(Cl)c1)C(F)(F)F. The summed E-state index contributed by atoms with van der Waals surface area (Å²) in [7, 11) is 0. The maximum Gasteiger partial charge on any atom is 0.454 e. The Morgan fingerprint density at radius 3 is 2.13 bits per heavy atom. The van der Waals surface area contributed by atoms with Crippen molar-refractivity contribution in [3.8, 4) is 0 Å². The van der Waals surface area contributed by atoms with Crippen molar-refractivity contribution in [1.82, 2.24) is 0 Å². The third-order valence-electron chi connectivity index (χ3n) is 1.50. The van der Waals surface area contributed by atoms with Crippen molar-refractivity contribution in [1.29, 1.82) is 0 Å². The normalized spacial score (nSPS) is 11.6. The smallest absolute Gasteiger partial charge is 0.284 e. The molecule has 0 N–H and O–H groups in total. The van der Waals surface area contributed by atoms with E-state index in [1.54, 1.807) is 0 Å². The van der Waals surface area contributed by atoms with Gasteiger partial charge in [0.1, 0.15) is 0 Å². The zero-order valence-corrected chi connectivity index (χ0v) is 7.59. The van der Waals surface area contributed by atoms with E-state index in [4.69, 9.17) is 11.6 Å². The Labute approximate surface area is 85.5 Å². The molecule has 0 fully saturated rings. The second-order valence-corrected chi connectivity index (χ2v) is 2.99. The van der Waals surface area contributed by atoms with Crippen LogP contribution in [-0.2, 0) is 0 Å². The largest absolute Gasteiger partial charge is 0.454 e. The number of alkyl halides is 3. The molecule has 0 aromatic heterocycles. The van der Waals surface area contributed by atoms with Gasteiger partial charge >= 0.3 is 6.18 Å². The molecular formula is C8H2ClF5O. The number of carbonyl (C=O) groups excluding carboxylic acids is 1. The molecule has 0 radical (unpaired) electrons. The standard InChI is InChI=1S/C8H2ClF5O/c9-4-1-3(2-5(10)6(4)11)7(15)8(12,13)14/h1-2H. The van der Waals surface area contributed by atoms with Gasteiger partial charge in [-0.3, -0.25) is 4.79 Å². The van der Waals surface area contributed by atoms with Crippen LogP contribution in [0.3, 0.4) is 0 Å². The highest BCUT2D eigenvalue weighted by Gasteiger charge is 2.39. The Hall–Kier alpha value is -1.17. The first-order valence-electron chi connectivity index (χ1n) is 3.49. The number of hydrogen-bond donors (Lipinski definition) is 0. The summed E-state index contributed by atoms with van der Waals surface area (Å²) in [5, 5.41) is -0.873. The van der Waals surface area contributed by atoms with Crippen molar-refractivity contribution in [2.75, 3.05) is 0 Å². The quantitative estimate of drug-likeness (QED) is 0.421. The van der Waals surface area contributed by atoms with E-state index in [1.807, 2.05) is 0 Å². The van der Waals surface area contributed by atoms with E-state index in [2.05, 4.69) is 0 Å². The van der Waals surface area contributed by atoms with E-state index in [0.29, 0.717) is 6.07 Å². The second-order valence-electron chi connectivity index (χ2n) is 2.58. The summed E-state index contributed by atoms with van der Waals surface area (Å²) in [6, 6.07) is 0.576. The minimum atomic E-state index is -5.15. The summed E-state index contributed by atoms with van der Waals surface area (Å²) in [5.74, 6) is -5.37. The highest BCUT2D eigenvalue weighted by molar-refractivity contribution is 6.31. The zero-order chi connectivity index (χ0) is 11.8. The van der Waals surface area contributed by atoms with Crippen molar-refractivity contribution in [2.24, 2.45) is 0 Å². The second kappa shape index (κ2) is 3.77. The molecule has 1 aromatic carbocycles. The van der Waals surface area contributed by atoms with E-state index < -0.39 is 34.2 Å². The topological polar surface area (TPSA) is 17.1 Å². The average molecular weight is 245 g/mol. The number of Topliss-reactive ketones (excluding diaryl/α,β-unsaturated/α-hetero) is 1. The molecule has 0 unspecified atom stereocenters. The molecule has 0 heterocycles. The van der Waals surface area contributed by atoms with Gasteiger partial charge in [0.25, 0.3) is 5.78 Å². The van der Waals surface area contributed by atoms with Crippen LogP contribution < -0.4 is 0 Å². The minimum Gasteiger partial charge on any atom is -0.284 e. The van der Waals surface area contributed by atoms with Gasteiger partial charge in [0, 0.05) is 5.56 Å². The molecule has 0 aliphatic rings. The molecule has 0 amide bonds. The lowest BCUT2D eigenvalue weighted by Crippen LogP contribution is -2.23. The first-order valence-corrected chi connectivity index (χ1v) is 3.87. The molecule has 82 valence electrons. The maximum absolute atomic E-state index is 12.6. The van der Waals surface area contributed by atoms with Crippen LogP contribution in [0.15, 0.2) is 12.1 Å². The summed E-state index contributed by atoms with van der Waals surface area (Å²) in [6.45, 7) is 0. The van der Waals surface area contributed by atoms with Crippen molar-refractivity contribution in [2.45, 2.75) is 6.18 Å². The minimum absolute atomic E-state index is 0.150. The number of benzene rings is 1. The van der Waals surface area contributed by atoms with Gasteiger partial charge in [-0.15, -0.1) is 0 Å². The number of ketones is 1. The molecule has 1 rings (SSSR count). The first kappa shape index (κ1) is 11.9. The number of carbonyl (C=O) groups is 1. The average Bonchev–Trinajstić information content (AvgIpc) is 2.10. The fourth-order valence-electron chi connectivity index (χ4n) is 0.850. The summed E-state index contributed by atoms with van der Waals surface area (Å²) in [5.41, 5.74) is -1.04. The Morgan fingerprint density at radius 1 is 1.20 bits per heavy atom. The Kier molecular flexibility index (Phi) is 2.99. The Balaban J connectivity index is 3.24. The molecule has 1 aromatic rings. The molecule has 0 bridgehead atoms. The van der Waals surface area contributed by atoms with E-state index in [-0.39, 0.29) is 6.07 Å². The van der Waals surface area contributed by atoms with Crippen molar-refractivity contribution in [3.05, 3.63) is 34.4 Å². The zero-order valence-electron chi connectivity index (χ0n) is 6.83. The summed E-state index contributed by atoms with van der Waals surface area (Å²) in [6.07, 6.45) is -5.15. The third kappa shape index (κ3) is 2.44. The molecule has 0 atom stereocenters. The molecule has 1 nitrogen and oxygen atoms in total. The number of hydrogen-bond acceptors (Lipinski definition) is 1. The third-order valence-corrected chi connectivity index (χ3v) is 1.78. The molecule has 7 heteroatoms. The van der Waals surface area contributed by atoms with Crippen LogP contribution in [0.1, 0.15) is 10.4 Å². The van der Waals surface area contributed by atoms with E-state index in [0.717, 1.165) is 0 Å². The summed E-state index contributed by atoms with van der Waals surface area (Å²) < 4.78 is 60.9. The molecule has 0 aliphatic carbocycles. The van der Waals surface area contributed by atoms with Crippen LogP contribution in [-0.4, -0.2) is 12.0 Å². The monoisotopic (exact) mass is 244 g/mol. The summed E-state index contributed by atoms with van der Waals surface area (Å²) >= 11 is 5.08. The summed E-state index contributed by atoms with van der Waals surface area (Å²) in [4.78, 5) is 10.6. The number of halogens is 6. The van der Waals surface area contributed by atoms with Crippen molar-refractivity contribution < 1.29 is 26.7 Å². The molecule has 0 saturated carbocycles. The van der Waals surface area contributed by atoms with E-state index >= 15 is 0 Å². The highest BCUT2D eigenvalue weighted by Crippen LogP contribution is 2.25. The molecule has 0 spiro atoms. The van der Waals surface area contributed by atoms with Crippen LogP contribution in [0.4, 0.5) is 22.0 Å². The van der Waals surface area contributed by atoms with Gasteiger partial charge in [-0.1, -0.05) is 11.6 Å². The number of rotatable bonds is 1. The van der Waals surface area contributed by atoms with Crippen LogP contribution in [0, 0.1) is 11.6 Å².